The van der Waals surface area contributed by atoms with E-state index >= 15 is 0 Å². The molecule has 120 valence electrons. The molecule has 3 heterocycles. The van der Waals surface area contributed by atoms with Gasteiger partial charge in [-0.1, -0.05) is 0 Å². The zero-order chi connectivity index (χ0) is 15.4. The van der Waals surface area contributed by atoms with E-state index in [0.29, 0.717) is 5.92 Å². The summed E-state index contributed by atoms with van der Waals surface area (Å²) in [5.74, 6) is 2.71. The number of rotatable bonds is 6. The van der Waals surface area contributed by atoms with E-state index in [4.69, 9.17) is 0 Å². The van der Waals surface area contributed by atoms with Crippen LogP contribution in [-0.2, 0) is 13.1 Å². The fourth-order valence-electron chi connectivity index (χ4n) is 3.32. The van der Waals surface area contributed by atoms with Crippen LogP contribution in [0.25, 0.3) is 0 Å². The summed E-state index contributed by atoms with van der Waals surface area (Å²) in [7, 11) is 0. The lowest BCUT2D eigenvalue weighted by molar-refractivity contribution is 0.196. The van der Waals surface area contributed by atoms with Gasteiger partial charge in [-0.3, -0.25) is 0 Å². The molecule has 1 fully saturated rings. The molecule has 0 radical (unpaired) electrons. The normalized spacial score (nSPS) is 19.6. The summed E-state index contributed by atoms with van der Waals surface area (Å²) >= 11 is 0. The summed E-state index contributed by atoms with van der Waals surface area (Å²) < 4.78 is 4.16. The van der Waals surface area contributed by atoms with E-state index in [-0.39, 0.29) is 0 Å². The van der Waals surface area contributed by atoms with Crippen LogP contribution in [0.1, 0.15) is 43.8 Å². The molecule has 22 heavy (non-hydrogen) atoms. The predicted molar refractivity (Wildman–Crippen MR) is 83.5 cm³/mol. The Morgan fingerprint density at radius 2 is 2.23 bits per heavy atom. The van der Waals surface area contributed by atoms with Gasteiger partial charge in [0, 0.05) is 37.9 Å². The molecule has 1 saturated heterocycles. The van der Waals surface area contributed by atoms with Crippen molar-refractivity contribution in [3.63, 3.8) is 0 Å². The number of nitrogens with zero attached hydrogens (tertiary/aromatic N) is 7. The van der Waals surface area contributed by atoms with E-state index < -0.39 is 0 Å². The van der Waals surface area contributed by atoms with Gasteiger partial charge in [-0.2, -0.15) is 0 Å². The third-order valence-electron chi connectivity index (χ3n) is 4.51. The van der Waals surface area contributed by atoms with Gasteiger partial charge in [0.2, 0.25) is 0 Å². The molecule has 0 amide bonds. The highest BCUT2D eigenvalue weighted by molar-refractivity contribution is 5.03. The number of hydrogen-bond acceptors (Lipinski definition) is 5. The third-order valence-corrected chi connectivity index (χ3v) is 4.51. The van der Waals surface area contributed by atoms with Crippen LogP contribution in [0.3, 0.4) is 0 Å². The minimum Gasteiger partial charge on any atom is -0.335 e. The Kier molecular flexibility index (Phi) is 4.82. The highest BCUT2D eigenvalue weighted by atomic mass is 15.5. The Morgan fingerprint density at radius 3 is 3.00 bits per heavy atom. The molecule has 1 aliphatic rings. The Morgan fingerprint density at radius 1 is 1.32 bits per heavy atom. The third kappa shape index (κ3) is 3.35. The Hall–Kier alpha value is -1.76. The van der Waals surface area contributed by atoms with Gasteiger partial charge in [-0.15, -0.1) is 5.10 Å². The van der Waals surface area contributed by atoms with Crippen LogP contribution in [0.4, 0.5) is 0 Å². The molecule has 1 unspecified atom stereocenters. The van der Waals surface area contributed by atoms with Crippen molar-refractivity contribution in [2.45, 2.75) is 52.1 Å². The van der Waals surface area contributed by atoms with Crippen LogP contribution in [-0.4, -0.2) is 54.3 Å². The molecular formula is C15H25N7. The lowest BCUT2D eigenvalue weighted by Gasteiger charge is -2.32. The monoisotopic (exact) mass is 303 g/mol. The zero-order valence-corrected chi connectivity index (χ0v) is 13.5. The first-order chi connectivity index (χ1) is 10.8. The molecule has 0 saturated carbocycles. The molecule has 2 aromatic heterocycles. The SMILES string of the molecule is CCn1ccnc1C1CCCN(CCCn2nnnc2C)C1. The van der Waals surface area contributed by atoms with E-state index in [9.17, 15) is 0 Å². The Balaban J connectivity index is 1.51. The van der Waals surface area contributed by atoms with Crippen molar-refractivity contribution in [1.82, 2.24) is 34.7 Å². The number of piperidine rings is 1. The van der Waals surface area contributed by atoms with Crippen molar-refractivity contribution in [1.29, 1.82) is 0 Å². The molecule has 3 rings (SSSR count). The molecule has 0 N–H and O–H groups in total. The summed E-state index contributed by atoms with van der Waals surface area (Å²) in [6.07, 6.45) is 7.61. The van der Waals surface area contributed by atoms with E-state index in [2.05, 4.69) is 43.1 Å². The second-order valence-corrected chi connectivity index (χ2v) is 6.01. The van der Waals surface area contributed by atoms with Crippen LogP contribution in [0.2, 0.25) is 0 Å². The fourth-order valence-corrected chi connectivity index (χ4v) is 3.32. The van der Waals surface area contributed by atoms with Crippen molar-refractivity contribution in [2.24, 2.45) is 0 Å². The first-order valence-corrected chi connectivity index (χ1v) is 8.24. The van der Waals surface area contributed by atoms with Gasteiger partial charge < -0.3 is 9.47 Å². The fraction of sp³-hybridized carbons (Fsp3) is 0.733. The lowest BCUT2D eigenvalue weighted by atomic mass is 9.97. The number of aryl methyl sites for hydroxylation is 3. The number of aromatic nitrogens is 6. The molecule has 2 aromatic rings. The summed E-state index contributed by atoms with van der Waals surface area (Å²) in [5.41, 5.74) is 0. The van der Waals surface area contributed by atoms with Crippen molar-refractivity contribution in [3.8, 4) is 0 Å². The maximum Gasteiger partial charge on any atom is 0.148 e. The van der Waals surface area contributed by atoms with Gasteiger partial charge >= 0.3 is 0 Å². The molecule has 0 bridgehead atoms. The second-order valence-electron chi connectivity index (χ2n) is 6.01. The minimum absolute atomic E-state index is 0.568. The molecular weight excluding hydrogens is 278 g/mol. The van der Waals surface area contributed by atoms with Crippen molar-refractivity contribution >= 4 is 0 Å². The number of likely N-dealkylation sites (tertiary alicyclic amines) is 1. The molecule has 7 nitrogen and oxygen atoms in total. The molecule has 1 atom stereocenters. The molecule has 0 spiro atoms. The molecule has 0 aromatic carbocycles. The maximum absolute atomic E-state index is 4.58. The zero-order valence-electron chi connectivity index (χ0n) is 13.5. The summed E-state index contributed by atoms with van der Waals surface area (Å²) in [6, 6.07) is 0. The van der Waals surface area contributed by atoms with Crippen LogP contribution < -0.4 is 0 Å². The van der Waals surface area contributed by atoms with E-state index in [0.717, 1.165) is 38.4 Å². The van der Waals surface area contributed by atoms with Crippen molar-refractivity contribution in [3.05, 3.63) is 24.0 Å². The quantitative estimate of drug-likeness (QED) is 0.808. The average Bonchev–Trinajstić information content (AvgIpc) is 3.17. The number of hydrogen-bond donors (Lipinski definition) is 0. The van der Waals surface area contributed by atoms with Gasteiger partial charge in [-0.25, -0.2) is 9.67 Å². The van der Waals surface area contributed by atoms with Gasteiger partial charge in [0.25, 0.3) is 0 Å². The maximum atomic E-state index is 4.58. The summed E-state index contributed by atoms with van der Waals surface area (Å²) in [4.78, 5) is 7.14. The summed E-state index contributed by atoms with van der Waals surface area (Å²) in [6.45, 7) is 9.43. The molecule has 1 aliphatic heterocycles. The smallest absolute Gasteiger partial charge is 0.148 e. The number of imidazole rings is 1. The van der Waals surface area contributed by atoms with Gasteiger partial charge in [0.15, 0.2) is 0 Å². The van der Waals surface area contributed by atoms with Crippen LogP contribution >= 0.6 is 0 Å². The highest BCUT2D eigenvalue weighted by Gasteiger charge is 2.24. The average molecular weight is 303 g/mol. The Labute approximate surface area is 131 Å². The predicted octanol–water partition coefficient (Wildman–Crippen LogP) is 1.47. The van der Waals surface area contributed by atoms with Crippen LogP contribution in [0, 0.1) is 6.92 Å². The van der Waals surface area contributed by atoms with E-state index in [1.807, 2.05) is 17.8 Å². The van der Waals surface area contributed by atoms with Crippen molar-refractivity contribution in [2.75, 3.05) is 19.6 Å². The largest absolute Gasteiger partial charge is 0.335 e. The number of tetrazole rings is 1. The first-order valence-electron chi connectivity index (χ1n) is 8.24. The standard InChI is InChI=1S/C15H25N7/c1-3-21-11-7-16-15(21)14-6-4-8-20(12-14)9-5-10-22-13(2)17-18-19-22/h7,11,14H,3-6,8-10,12H2,1-2H3. The van der Waals surface area contributed by atoms with Gasteiger partial charge in [0.1, 0.15) is 11.6 Å². The highest BCUT2D eigenvalue weighted by Crippen LogP contribution is 2.25. The van der Waals surface area contributed by atoms with Crippen LogP contribution in [0.15, 0.2) is 12.4 Å². The molecule has 0 aliphatic carbocycles. The second kappa shape index (κ2) is 7.00. The van der Waals surface area contributed by atoms with Gasteiger partial charge in [0.05, 0.1) is 0 Å². The topological polar surface area (TPSA) is 64.7 Å². The van der Waals surface area contributed by atoms with E-state index in [1.54, 1.807) is 0 Å². The molecule has 7 heteroatoms. The first kappa shape index (κ1) is 15.1. The minimum atomic E-state index is 0.568. The van der Waals surface area contributed by atoms with Gasteiger partial charge in [-0.05, 0) is 56.6 Å². The Bertz CT molecular complexity index is 588. The van der Waals surface area contributed by atoms with E-state index in [1.165, 1.54) is 25.2 Å². The summed E-state index contributed by atoms with van der Waals surface area (Å²) in [5, 5.41) is 11.6. The van der Waals surface area contributed by atoms with Crippen molar-refractivity contribution < 1.29 is 0 Å². The lowest BCUT2D eigenvalue weighted by Crippen LogP contribution is -2.36. The van der Waals surface area contributed by atoms with Crippen LogP contribution in [0.5, 0.6) is 0 Å².